The van der Waals surface area contributed by atoms with Crippen molar-refractivity contribution in [3.05, 3.63) is 36.5 Å². The maximum Gasteiger partial charge on any atom is 0.249 e. The van der Waals surface area contributed by atoms with Gasteiger partial charge in [0, 0.05) is 0 Å². The Kier molecular flexibility index (Phi) is 48.5. The molecule has 0 aromatic carbocycles. The van der Waals surface area contributed by atoms with Crippen molar-refractivity contribution in [2.24, 2.45) is 0 Å². The SMILES string of the molecule is CCCCCCCCCCCC/C=C/CC/C=C/CCCC(O)C(O)C(COC1OC(CO)C(O)C(O)C1O)NC(=O)C(O)CCCCCCCCCCCCC/C=C\CCCCCCCCCCCCCC. The van der Waals surface area contributed by atoms with Crippen LogP contribution >= 0.6 is 0 Å². The van der Waals surface area contributed by atoms with E-state index in [9.17, 15) is 40.5 Å². The molecule has 11 nitrogen and oxygen atoms in total. The lowest BCUT2D eigenvalue weighted by molar-refractivity contribution is -0.303. The number of carbonyl (C=O) groups excluding carboxylic acids is 1. The van der Waals surface area contributed by atoms with E-state index >= 15 is 0 Å². The van der Waals surface area contributed by atoms with Gasteiger partial charge in [0.1, 0.15) is 36.6 Å². The van der Waals surface area contributed by atoms with Crippen LogP contribution in [0.2, 0.25) is 0 Å². The zero-order valence-corrected chi connectivity index (χ0v) is 47.1. The van der Waals surface area contributed by atoms with Crippen molar-refractivity contribution in [2.45, 2.75) is 339 Å². The van der Waals surface area contributed by atoms with Crippen LogP contribution in [0.1, 0.15) is 284 Å². The zero-order chi connectivity index (χ0) is 53.3. The molecule has 1 amide bonds. The standard InChI is InChI=1S/C62H117NO10/c1-3-5-7-9-11-13-15-17-19-21-23-24-25-26-27-28-29-30-32-34-36-38-40-42-44-46-48-50-55(66)61(71)63-53(52-72-62-60(70)59(69)58(68)56(51-64)73-62)57(67)54(65)49-47-45-43-41-39-37-35-33-31-22-20-18-16-14-12-10-8-6-4-2/h26-27,33,35,41,43,53-60,62,64-70H,3-25,28-32,34,36-40,42,44-52H2,1-2H3,(H,63,71)/b27-26-,35-33+,43-41+. The Labute approximate surface area is 447 Å². The van der Waals surface area contributed by atoms with Crippen molar-refractivity contribution in [3.63, 3.8) is 0 Å². The molecule has 0 aromatic rings. The number of aliphatic hydroxyl groups excluding tert-OH is 7. The third-order valence-electron chi connectivity index (χ3n) is 14.9. The summed E-state index contributed by atoms with van der Waals surface area (Å²) in [6.07, 6.45) is 52.1. The number of rotatable bonds is 53. The minimum atomic E-state index is -1.67. The number of hydrogen-bond acceptors (Lipinski definition) is 10. The quantitative estimate of drug-likeness (QED) is 0.0215. The summed E-state index contributed by atoms with van der Waals surface area (Å²) in [4.78, 5) is 13.2. The summed E-state index contributed by atoms with van der Waals surface area (Å²) >= 11 is 0. The predicted molar refractivity (Wildman–Crippen MR) is 302 cm³/mol. The van der Waals surface area contributed by atoms with E-state index in [1.54, 1.807) is 0 Å². The lowest BCUT2D eigenvalue weighted by Gasteiger charge is -2.40. The molecule has 1 aliphatic rings. The summed E-state index contributed by atoms with van der Waals surface area (Å²) in [5, 5.41) is 76.2. The van der Waals surface area contributed by atoms with Gasteiger partial charge in [-0.2, -0.15) is 0 Å². The van der Waals surface area contributed by atoms with Gasteiger partial charge in [-0.3, -0.25) is 4.79 Å². The van der Waals surface area contributed by atoms with E-state index < -0.39 is 74.2 Å². The van der Waals surface area contributed by atoms with Crippen molar-refractivity contribution in [1.29, 1.82) is 0 Å². The second-order valence-electron chi connectivity index (χ2n) is 21.8. The monoisotopic (exact) mass is 1040 g/mol. The van der Waals surface area contributed by atoms with Crippen molar-refractivity contribution >= 4 is 5.91 Å². The topological polar surface area (TPSA) is 189 Å². The number of ether oxygens (including phenoxy) is 2. The molecule has 1 heterocycles. The molecule has 9 unspecified atom stereocenters. The fourth-order valence-corrected chi connectivity index (χ4v) is 9.87. The minimum Gasteiger partial charge on any atom is -0.394 e. The van der Waals surface area contributed by atoms with Crippen LogP contribution < -0.4 is 5.32 Å². The number of unbranched alkanes of at least 4 members (excludes halogenated alkanes) is 35. The third kappa shape index (κ3) is 39.4. The van der Waals surface area contributed by atoms with E-state index in [4.69, 9.17) is 9.47 Å². The predicted octanol–water partition coefficient (Wildman–Crippen LogP) is 13.5. The van der Waals surface area contributed by atoms with E-state index in [2.05, 4.69) is 55.6 Å². The van der Waals surface area contributed by atoms with Crippen LogP contribution in [0.15, 0.2) is 36.5 Å². The maximum absolute atomic E-state index is 13.2. The molecular formula is C62H117NO10. The highest BCUT2D eigenvalue weighted by Crippen LogP contribution is 2.23. The van der Waals surface area contributed by atoms with Gasteiger partial charge in [0.15, 0.2) is 6.29 Å². The summed E-state index contributed by atoms with van der Waals surface area (Å²) in [6, 6.07) is -1.19. The summed E-state index contributed by atoms with van der Waals surface area (Å²) in [5.74, 6) is -0.708. The number of hydrogen-bond donors (Lipinski definition) is 8. The summed E-state index contributed by atoms with van der Waals surface area (Å²) in [6.45, 7) is 3.46. The smallest absolute Gasteiger partial charge is 0.249 e. The molecule has 8 N–H and O–H groups in total. The van der Waals surface area contributed by atoms with Crippen LogP contribution in [0.3, 0.4) is 0 Å². The molecular weight excluding hydrogens is 919 g/mol. The number of allylic oxidation sites excluding steroid dienone is 6. The fraction of sp³-hybridized carbons (Fsp3) is 0.887. The van der Waals surface area contributed by atoms with Crippen LogP contribution in [0.4, 0.5) is 0 Å². The van der Waals surface area contributed by atoms with E-state index in [-0.39, 0.29) is 12.8 Å². The minimum absolute atomic E-state index is 0.247. The molecule has 430 valence electrons. The number of aliphatic hydroxyl groups is 7. The lowest BCUT2D eigenvalue weighted by Crippen LogP contribution is -2.60. The highest BCUT2D eigenvalue weighted by atomic mass is 16.7. The molecule has 0 radical (unpaired) electrons. The molecule has 1 saturated heterocycles. The molecule has 0 aliphatic carbocycles. The molecule has 1 fully saturated rings. The normalized spacial score (nSPS) is 20.2. The van der Waals surface area contributed by atoms with Crippen LogP contribution in [0.25, 0.3) is 0 Å². The zero-order valence-electron chi connectivity index (χ0n) is 47.1. The Morgan fingerprint density at radius 2 is 0.822 bits per heavy atom. The summed E-state index contributed by atoms with van der Waals surface area (Å²) < 4.78 is 11.1. The lowest BCUT2D eigenvalue weighted by atomic mass is 9.98. The Bertz CT molecular complexity index is 1280. The Morgan fingerprint density at radius 1 is 0.466 bits per heavy atom. The van der Waals surface area contributed by atoms with Gasteiger partial charge in [-0.15, -0.1) is 0 Å². The molecule has 1 rings (SSSR count). The molecule has 9 atom stereocenters. The van der Waals surface area contributed by atoms with Gasteiger partial charge in [0.25, 0.3) is 0 Å². The molecule has 11 heteroatoms. The average Bonchev–Trinajstić information content (AvgIpc) is 3.39. The van der Waals surface area contributed by atoms with E-state index in [1.807, 2.05) is 0 Å². The Morgan fingerprint density at radius 3 is 1.22 bits per heavy atom. The first kappa shape index (κ1) is 69.3. The number of amides is 1. The van der Waals surface area contributed by atoms with Crippen LogP contribution in [-0.4, -0.2) is 110 Å². The van der Waals surface area contributed by atoms with Gasteiger partial charge >= 0.3 is 0 Å². The average molecular weight is 1040 g/mol. The van der Waals surface area contributed by atoms with Crippen molar-refractivity contribution in [3.8, 4) is 0 Å². The van der Waals surface area contributed by atoms with E-state index in [1.165, 1.54) is 199 Å². The number of nitrogens with one attached hydrogen (secondary N) is 1. The van der Waals surface area contributed by atoms with Gasteiger partial charge in [0.05, 0.1) is 25.4 Å². The Hall–Kier alpha value is -1.67. The van der Waals surface area contributed by atoms with Crippen LogP contribution in [0, 0.1) is 0 Å². The summed E-state index contributed by atoms with van der Waals surface area (Å²) in [5.41, 5.74) is 0. The van der Waals surface area contributed by atoms with Gasteiger partial charge in [-0.25, -0.2) is 0 Å². The van der Waals surface area contributed by atoms with Gasteiger partial charge in [0.2, 0.25) is 5.91 Å². The first-order valence-corrected chi connectivity index (χ1v) is 30.9. The number of carbonyl (C=O) groups is 1. The first-order valence-electron chi connectivity index (χ1n) is 30.9. The van der Waals surface area contributed by atoms with E-state index in [0.29, 0.717) is 19.3 Å². The van der Waals surface area contributed by atoms with Crippen molar-refractivity contribution in [1.82, 2.24) is 5.32 Å². The van der Waals surface area contributed by atoms with Gasteiger partial charge in [-0.1, -0.05) is 243 Å². The first-order chi connectivity index (χ1) is 35.7. The van der Waals surface area contributed by atoms with Crippen molar-refractivity contribution < 1.29 is 50.0 Å². The molecule has 0 spiro atoms. The van der Waals surface area contributed by atoms with Gasteiger partial charge in [-0.05, 0) is 77.0 Å². The van der Waals surface area contributed by atoms with Crippen molar-refractivity contribution in [2.75, 3.05) is 13.2 Å². The van der Waals surface area contributed by atoms with E-state index in [0.717, 1.165) is 38.5 Å². The molecule has 0 saturated carbocycles. The van der Waals surface area contributed by atoms with Crippen LogP contribution in [0.5, 0.6) is 0 Å². The maximum atomic E-state index is 13.2. The highest BCUT2D eigenvalue weighted by molar-refractivity contribution is 5.80. The molecule has 0 aromatic heterocycles. The largest absolute Gasteiger partial charge is 0.394 e. The summed E-state index contributed by atoms with van der Waals surface area (Å²) in [7, 11) is 0. The molecule has 73 heavy (non-hydrogen) atoms. The second-order valence-corrected chi connectivity index (χ2v) is 21.8. The molecule has 1 aliphatic heterocycles. The third-order valence-corrected chi connectivity index (χ3v) is 14.9. The Balaban J connectivity index is 2.29. The molecule has 0 bridgehead atoms. The second kappa shape index (κ2) is 51.1. The highest BCUT2D eigenvalue weighted by Gasteiger charge is 2.44. The van der Waals surface area contributed by atoms with Crippen LogP contribution in [-0.2, 0) is 14.3 Å². The fourth-order valence-electron chi connectivity index (χ4n) is 9.87. The van der Waals surface area contributed by atoms with Gasteiger partial charge < -0.3 is 50.5 Å².